The summed E-state index contributed by atoms with van der Waals surface area (Å²) in [5.41, 5.74) is 2.52. The zero-order valence-corrected chi connectivity index (χ0v) is 9.56. The lowest BCUT2D eigenvalue weighted by molar-refractivity contribution is 0.197. The van der Waals surface area contributed by atoms with Gasteiger partial charge in [0.05, 0.1) is 12.4 Å². The van der Waals surface area contributed by atoms with Crippen molar-refractivity contribution in [3.8, 4) is 11.6 Å². The zero-order chi connectivity index (χ0) is 11.7. The van der Waals surface area contributed by atoms with Crippen LogP contribution >= 0.6 is 0 Å². The number of aromatic nitrogens is 2. The Bertz CT molecular complexity index is 503. The van der Waals surface area contributed by atoms with Crippen molar-refractivity contribution in [3.63, 3.8) is 0 Å². The van der Waals surface area contributed by atoms with E-state index in [1.165, 1.54) is 0 Å². The summed E-state index contributed by atoms with van der Waals surface area (Å²) in [7, 11) is 0. The molecule has 0 aromatic carbocycles. The third kappa shape index (κ3) is 1.84. The SMILES string of the molecule is Cc1ccoc1-c1ncc([C@@H](C)O)c(C)n1. The highest BCUT2D eigenvalue weighted by molar-refractivity contribution is 5.52. The summed E-state index contributed by atoms with van der Waals surface area (Å²) in [5, 5.41) is 9.48. The predicted molar refractivity (Wildman–Crippen MR) is 59.8 cm³/mol. The van der Waals surface area contributed by atoms with Crippen LogP contribution in [0.15, 0.2) is 22.9 Å². The first-order valence-electron chi connectivity index (χ1n) is 5.15. The quantitative estimate of drug-likeness (QED) is 0.840. The van der Waals surface area contributed by atoms with Crippen molar-refractivity contribution < 1.29 is 9.52 Å². The van der Waals surface area contributed by atoms with E-state index in [1.807, 2.05) is 19.9 Å². The van der Waals surface area contributed by atoms with Crippen LogP contribution in [0.4, 0.5) is 0 Å². The molecule has 1 N–H and O–H groups in total. The molecule has 0 bridgehead atoms. The summed E-state index contributed by atoms with van der Waals surface area (Å²) in [6.45, 7) is 5.50. The van der Waals surface area contributed by atoms with Crippen molar-refractivity contribution in [2.75, 3.05) is 0 Å². The molecule has 0 radical (unpaired) electrons. The molecule has 84 valence electrons. The molecule has 2 aromatic heterocycles. The van der Waals surface area contributed by atoms with Crippen molar-refractivity contribution in [2.24, 2.45) is 0 Å². The van der Waals surface area contributed by atoms with Gasteiger partial charge in [-0.25, -0.2) is 9.97 Å². The molecule has 0 amide bonds. The second-order valence-electron chi connectivity index (χ2n) is 3.84. The molecular formula is C12H14N2O2. The van der Waals surface area contributed by atoms with Gasteiger partial charge in [-0.1, -0.05) is 0 Å². The lowest BCUT2D eigenvalue weighted by Gasteiger charge is -2.08. The maximum Gasteiger partial charge on any atom is 0.196 e. The standard InChI is InChI=1S/C12H14N2O2/c1-7-4-5-16-11(7)12-13-6-10(9(3)15)8(2)14-12/h4-6,9,15H,1-3H3/t9-/m1/s1. The average molecular weight is 218 g/mol. The van der Waals surface area contributed by atoms with Gasteiger partial charge in [-0.3, -0.25) is 0 Å². The molecule has 2 heterocycles. The largest absolute Gasteiger partial charge is 0.461 e. The van der Waals surface area contributed by atoms with E-state index in [0.29, 0.717) is 11.6 Å². The number of hydrogen-bond acceptors (Lipinski definition) is 4. The molecule has 2 rings (SSSR count). The minimum absolute atomic E-state index is 0.549. The second-order valence-corrected chi connectivity index (χ2v) is 3.84. The van der Waals surface area contributed by atoms with E-state index in [2.05, 4.69) is 9.97 Å². The highest BCUT2D eigenvalue weighted by Crippen LogP contribution is 2.22. The Hall–Kier alpha value is -1.68. The Kier molecular flexibility index (Phi) is 2.75. The van der Waals surface area contributed by atoms with Crippen LogP contribution in [-0.2, 0) is 0 Å². The first kappa shape index (κ1) is 10.8. The maximum atomic E-state index is 9.48. The monoisotopic (exact) mass is 218 g/mol. The van der Waals surface area contributed by atoms with Gasteiger partial charge in [-0.05, 0) is 32.4 Å². The molecular weight excluding hydrogens is 204 g/mol. The molecule has 0 aliphatic carbocycles. The summed E-state index contributed by atoms with van der Waals surface area (Å²) in [6, 6.07) is 1.87. The lowest BCUT2D eigenvalue weighted by Crippen LogP contribution is -2.01. The fourth-order valence-electron chi connectivity index (χ4n) is 1.60. The Balaban J connectivity index is 2.46. The number of furan rings is 1. The molecule has 0 saturated carbocycles. The first-order chi connectivity index (χ1) is 7.59. The van der Waals surface area contributed by atoms with E-state index < -0.39 is 6.10 Å². The number of aryl methyl sites for hydroxylation is 2. The van der Waals surface area contributed by atoms with Gasteiger partial charge in [-0.15, -0.1) is 0 Å². The normalized spacial score (nSPS) is 12.8. The maximum absolute atomic E-state index is 9.48. The molecule has 0 fully saturated rings. The van der Waals surface area contributed by atoms with Gasteiger partial charge < -0.3 is 9.52 Å². The number of aliphatic hydroxyl groups excluding tert-OH is 1. The van der Waals surface area contributed by atoms with Gasteiger partial charge in [0, 0.05) is 17.5 Å². The summed E-state index contributed by atoms with van der Waals surface area (Å²) in [4.78, 5) is 8.53. The average Bonchev–Trinajstić information content (AvgIpc) is 2.63. The highest BCUT2D eigenvalue weighted by Gasteiger charge is 2.12. The number of rotatable bonds is 2. The fraction of sp³-hybridized carbons (Fsp3) is 0.333. The van der Waals surface area contributed by atoms with Crippen molar-refractivity contribution >= 4 is 0 Å². The lowest BCUT2D eigenvalue weighted by atomic mass is 10.1. The molecule has 0 unspecified atom stereocenters. The second kappa shape index (κ2) is 4.06. The fourth-order valence-corrected chi connectivity index (χ4v) is 1.60. The number of hydrogen-bond donors (Lipinski definition) is 1. The summed E-state index contributed by atoms with van der Waals surface area (Å²) in [6.07, 6.45) is 2.71. The minimum Gasteiger partial charge on any atom is -0.461 e. The highest BCUT2D eigenvalue weighted by atomic mass is 16.3. The third-order valence-corrected chi connectivity index (χ3v) is 2.53. The van der Waals surface area contributed by atoms with E-state index in [4.69, 9.17) is 4.42 Å². The molecule has 4 heteroatoms. The molecule has 16 heavy (non-hydrogen) atoms. The van der Waals surface area contributed by atoms with E-state index >= 15 is 0 Å². The van der Waals surface area contributed by atoms with Gasteiger partial charge >= 0.3 is 0 Å². The summed E-state index contributed by atoms with van der Waals surface area (Å²) >= 11 is 0. The smallest absolute Gasteiger partial charge is 0.196 e. The van der Waals surface area contributed by atoms with E-state index in [1.54, 1.807) is 19.4 Å². The van der Waals surface area contributed by atoms with Crippen LogP contribution in [-0.4, -0.2) is 15.1 Å². The Labute approximate surface area is 94.0 Å². The minimum atomic E-state index is -0.549. The van der Waals surface area contributed by atoms with E-state index in [0.717, 1.165) is 16.8 Å². The van der Waals surface area contributed by atoms with E-state index in [-0.39, 0.29) is 0 Å². The Morgan fingerprint density at radius 1 is 1.38 bits per heavy atom. The molecule has 0 aliphatic rings. The van der Waals surface area contributed by atoms with Gasteiger partial charge in [0.25, 0.3) is 0 Å². The van der Waals surface area contributed by atoms with Crippen LogP contribution in [0.1, 0.15) is 29.8 Å². The van der Waals surface area contributed by atoms with Crippen LogP contribution < -0.4 is 0 Å². The van der Waals surface area contributed by atoms with Gasteiger partial charge in [0.1, 0.15) is 0 Å². The van der Waals surface area contributed by atoms with Crippen molar-refractivity contribution in [3.05, 3.63) is 35.3 Å². The van der Waals surface area contributed by atoms with Crippen LogP contribution in [0.2, 0.25) is 0 Å². The number of aliphatic hydroxyl groups is 1. The van der Waals surface area contributed by atoms with Crippen molar-refractivity contribution in [1.29, 1.82) is 0 Å². The van der Waals surface area contributed by atoms with Crippen LogP contribution in [0, 0.1) is 13.8 Å². The first-order valence-corrected chi connectivity index (χ1v) is 5.15. The third-order valence-electron chi connectivity index (χ3n) is 2.53. The molecule has 0 aliphatic heterocycles. The van der Waals surface area contributed by atoms with Crippen LogP contribution in [0.25, 0.3) is 11.6 Å². The molecule has 1 atom stereocenters. The molecule has 0 spiro atoms. The Morgan fingerprint density at radius 2 is 2.12 bits per heavy atom. The van der Waals surface area contributed by atoms with Gasteiger partial charge in [0.2, 0.25) is 0 Å². The topological polar surface area (TPSA) is 59.2 Å². The summed E-state index contributed by atoms with van der Waals surface area (Å²) < 4.78 is 5.32. The van der Waals surface area contributed by atoms with E-state index in [9.17, 15) is 5.11 Å². The van der Waals surface area contributed by atoms with Gasteiger partial charge in [0.15, 0.2) is 11.6 Å². The van der Waals surface area contributed by atoms with Gasteiger partial charge in [-0.2, -0.15) is 0 Å². The number of nitrogens with zero attached hydrogens (tertiary/aromatic N) is 2. The zero-order valence-electron chi connectivity index (χ0n) is 9.56. The Morgan fingerprint density at radius 3 is 2.62 bits per heavy atom. The van der Waals surface area contributed by atoms with Crippen molar-refractivity contribution in [1.82, 2.24) is 9.97 Å². The molecule has 0 saturated heterocycles. The molecule has 2 aromatic rings. The summed E-state index contributed by atoms with van der Waals surface area (Å²) in [5.74, 6) is 1.24. The van der Waals surface area contributed by atoms with Crippen molar-refractivity contribution in [2.45, 2.75) is 26.9 Å². The van der Waals surface area contributed by atoms with Crippen LogP contribution in [0.3, 0.4) is 0 Å². The predicted octanol–water partition coefficient (Wildman–Crippen LogP) is 2.41. The van der Waals surface area contributed by atoms with Crippen LogP contribution in [0.5, 0.6) is 0 Å². The molecule has 4 nitrogen and oxygen atoms in total.